The number of carbonyl (C=O) groups is 2. The Morgan fingerprint density at radius 3 is 2.32 bits per heavy atom. The third-order valence-corrected chi connectivity index (χ3v) is 3.86. The van der Waals surface area contributed by atoms with E-state index in [0.717, 1.165) is 12.1 Å². The monoisotopic (exact) mass is 397 g/mol. The molecule has 28 heavy (non-hydrogen) atoms. The molecule has 0 radical (unpaired) electrons. The third-order valence-electron chi connectivity index (χ3n) is 3.86. The van der Waals surface area contributed by atoms with Crippen LogP contribution in [-0.2, 0) is 15.8 Å². The van der Waals surface area contributed by atoms with E-state index >= 15 is 0 Å². The molecule has 2 aromatic rings. The van der Waals surface area contributed by atoms with Gasteiger partial charge in [0.1, 0.15) is 5.82 Å². The highest BCUT2D eigenvalue weighted by Crippen LogP contribution is 2.30. The van der Waals surface area contributed by atoms with E-state index in [2.05, 4.69) is 16.0 Å². The smallest absolute Gasteiger partial charge is 0.346 e. The summed E-state index contributed by atoms with van der Waals surface area (Å²) in [6.07, 6.45) is -4.44. The number of anilines is 1. The molecule has 5 nitrogen and oxygen atoms in total. The first-order chi connectivity index (χ1) is 13.1. The zero-order valence-electron chi connectivity index (χ0n) is 14.9. The molecule has 2 rings (SSSR count). The molecule has 3 N–H and O–H groups in total. The highest BCUT2D eigenvalue weighted by molar-refractivity contribution is 5.94. The second-order valence-electron chi connectivity index (χ2n) is 6.06. The lowest BCUT2D eigenvalue weighted by molar-refractivity contribution is -0.137. The molecule has 0 spiro atoms. The molecule has 0 saturated carbocycles. The number of hydrogen-bond acceptors (Lipinski definition) is 3. The Bertz CT molecular complexity index is 823. The number of amides is 2. The molecule has 2 amide bonds. The van der Waals surface area contributed by atoms with E-state index in [-0.39, 0.29) is 13.1 Å². The number of benzene rings is 2. The van der Waals surface area contributed by atoms with Crippen molar-refractivity contribution in [3.63, 3.8) is 0 Å². The molecule has 0 saturated heterocycles. The molecule has 0 fully saturated rings. The van der Waals surface area contributed by atoms with Crippen LogP contribution < -0.4 is 16.0 Å². The van der Waals surface area contributed by atoms with E-state index in [1.165, 1.54) is 36.4 Å². The Labute approximate surface area is 159 Å². The quantitative estimate of drug-likeness (QED) is 0.629. The number of carbonyl (C=O) groups excluding carboxylic acids is 2. The van der Waals surface area contributed by atoms with Crippen LogP contribution in [0.3, 0.4) is 0 Å². The minimum atomic E-state index is -4.44. The molecule has 0 unspecified atom stereocenters. The van der Waals surface area contributed by atoms with Crippen LogP contribution in [0.25, 0.3) is 0 Å². The number of halogens is 4. The van der Waals surface area contributed by atoms with Crippen molar-refractivity contribution in [1.82, 2.24) is 10.6 Å². The fourth-order valence-corrected chi connectivity index (χ4v) is 2.33. The van der Waals surface area contributed by atoms with Gasteiger partial charge in [-0.1, -0.05) is 12.1 Å². The van der Waals surface area contributed by atoms with Crippen LogP contribution in [0, 0.1) is 5.82 Å². The van der Waals surface area contributed by atoms with Gasteiger partial charge in [-0.05, 0) is 48.9 Å². The Hall–Kier alpha value is -2.94. The van der Waals surface area contributed by atoms with Crippen molar-refractivity contribution in [2.75, 3.05) is 18.4 Å². The van der Waals surface area contributed by atoms with E-state index in [9.17, 15) is 27.2 Å². The lowest BCUT2D eigenvalue weighted by Crippen LogP contribution is -2.39. The van der Waals surface area contributed by atoms with E-state index in [0.29, 0.717) is 11.3 Å². The summed E-state index contributed by atoms with van der Waals surface area (Å²) in [4.78, 5) is 23.6. The van der Waals surface area contributed by atoms with Crippen LogP contribution in [-0.4, -0.2) is 24.9 Å². The zero-order chi connectivity index (χ0) is 20.7. The van der Waals surface area contributed by atoms with Gasteiger partial charge >= 0.3 is 6.18 Å². The van der Waals surface area contributed by atoms with E-state index < -0.39 is 35.4 Å². The van der Waals surface area contributed by atoms with E-state index in [1.54, 1.807) is 6.92 Å². The topological polar surface area (TPSA) is 70.2 Å². The average molecular weight is 397 g/mol. The summed E-state index contributed by atoms with van der Waals surface area (Å²) >= 11 is 0. The van der Waals surface area contributed by atoms with Crippen LogP contribution in [0.1, 0.15) is 24.1 Å². The van der Waals surface area contributed by atoms with Gasteiger partial charge in [0.2, 0.25) is 11.8 Å². The van der Waals surface area contributed by atoms with Gasteiger partial charge in [-0.2, -0.15) is 13.2 Å². The molecule has 0 heterocycles. The molecular weight excluding hydrogens is 378 g/mol. The Morgan fingerprint density at radius 1 is 1.00 bits per heavy atom. The Kier molecular flexibility index (Phi) is 7.11. The van der Waals surface area contributed by atoms with Gasteiger partial charge in [0.25, 0.3) is 0 Å². The molecule has 150 valence electrons. The van der Waals surface area contributed by atoms with Crippen molar-refractivity contribution in [3.8, 4) is 0 Å². The largest absolute Gasteiger partial charge is 0.416 e. The summed E-state index contributed by atoms with van der Waals surface area (Å²) in [7, 11) is 0. The van der Waals surface area contributed by atoms with Gasteiger partial charge in [-0.3, -0.25) is 9.59 Å². The summed E-state index contributed by atoms with van der Waals surface area (Å²) in [5.41, 5.74) is 0.00851. The van der Waals surface area contributed by atoms with Crippen molar-refractivity contribution in [2.24, 2.45) is 0 Å². The number of rotatable bonds is 7. The Balaban J connectivity index is 1.77. The van der Waals surface area contributed by atoms with Crippen molar-refractivity contribution in [1.29, 1.82) is 0 Å². The maximum absolute atomic E-state index is 12.8. The minimum Gasteiger partial charge on any atom is -0.346 e. The van der Waals surface area contributed by atoms with Gasteiger partial charge in [0, 0.05) is 11.7 Å². The summed E-state index contributed by atoms with van der Waals surface area (Å²) in [6, 6.07) is 9.47. The Morgan fingerprint density at radius 2 is 1.68 bits per heavy atom. The van der Waals surface area contributed by atoms with Crippen LogP contribution in [0.5, 0.6) is 0 Å². The second-order valence-corrected chi connectivity index (χ2v) is 6.06. The van der Waals surface area contributed by atoms with Crippen LogP contribution >= 0.6 is 0 Å². The molecule has 2 aromatic carbocycles. The predicted octanol–water partition coefficient (Wildman–Crippen LogP) is 3.25. The normalized spacial score (nSPS) is 12.3. The minimum absolute atomic E-state index is 0.179. The SMILES string of the molecule is C[C@H](NCC(=O)NCC(=O)Nc1ccc(F)cc1)c1cccc(C(F)(F)F)c1. The van der Waals surface area contributed by atoms with Gasteiger partial charge in [-0.25, -0.2) is 4.39 Å². The number of nitrogens with one attached hydrogen (secondary N) is 3. The van der Waals surface area contributed by atoms with E-state index in [4.69, 9.17) is 0 Å². The van der Waals surface area contributed by atoms with Crippen molar-refractivity contribution in [2.45, 2.75) is 19.1 Å². The number of hydrogen-bond donors (Lipinski definition) is 3. The lowest BCUT2D eigenvalue weighted by Gasteiger charge is -2.16. The first kappa shape index (κ1) is 21.4. The van der Waals surface area contributed by atoms with Crippen molar-refractivity contribution in [3.05, 3.63) is 65.5 Å². The maximum Gasteiger partial charge on any atom is 0.416 e. The second kappa shape index (κ2) is 9.32. The summed E-state index contributed by atoms with van der Waals surface area (Å²) < 4.78 is 51.1. The standard InChI is InChI=1S/C19H19F4N3O2/c1-12(13-3-2-4-14(9-13)19(21,22)23)24-10-17(27)25-11-18(28)26-16-7-5-15(20)6-8-16/h2-9,12,24H,10-11H2,1H3,(H,25,27)(H,26,28)/t12-/m0/s1. The lowest BCUT2D eigenvalue weighted by atomic mass is 10.0. The van der Waals surface area contributed by atoms with E-state index in [1.807, 2.05) is 0 Å². The third kappa shape index (κ3) is 6.66. The molecule has 0 aliphatic heterocycles. The first-order valence-corrected chi connectivity index (χ1v) is 8.38. The van der Waals surface area contributed by atoms with Gasteiger partial charge < -0.3 is 16.0 Å². The van der Waals surface area contributed by atoms with Crippen molar-refractivity contribution >= 4 is 17.5 Å². The molecule has 0 aliphatic rings. The fraction of sp³-hybridized carbons (Fsp3) is 0.263. The zero-order valence-corrected chi connectivity index (χ0v) is 14.9. The van der Waals surface area contributed by atoms with Crippen LogP contribution in [0.4, 0.5) is 23.2 Å². The highest BCUT2D eigenvalue weighted by Gasteiger charge is 2.30. The molecule has 1 atom stereocenters. The van der Waals surface area contributed by atoms with Gasteiger partial charge in [-0.15, -0.1) is 0 Å². The molecule has 0 aliphatic carbocycles. The molecule has 0 aromatic heterocycles. The number of alkyl halides is 3. The van der Waals surface area contributed by atoms with Crippen LogP contribution in [0.15, 0.2) is 48.5 Å². The predicted molar refractivity (Wildman–Crippen MR) is 95.9 cm³/mol. The van der Waals surface area contributed by atoms with Crippen molar-refractivity contribution < 1.29 is 27.2 Å². The average Bonchev–Trinajstić information content (AvgIpc) is 2.65. The summed E-state index contributed by atoms with van der Waals surface area (Å²) in [6.45, 7) is 1.15. The van der Waals surface area contributed by atoms with Gasteiger partial charge in [0.15, 0.2) is 0 Å². The maximum atomic E-state index is 12.8. The van der Waals surface area contributed by atoms with Crippen LogP contribution in [0.2, 0.25) is 0 Å². The molecule has 9 heteroatoms. The fourth-order valence-electron chi connectivity index (χ4n) is 2.33. The summed E-state index contributed by atoms with van der Waals surface area (Å²) in [5.74, 6) is -1.42. The summed E-state index contributed by atoms with van der Waals surface area (Å²) in [5, 5.41) is 7.68. The highest BCUT2D eigenvalue weighted by atomic mass is 19.4. The molecular formula is C19H19F4N3O2. The molecule has 0 bridgehead atoms. The first-order valence-electron chi connectivity index (χ1n) is 8.38. The van der Waals surface area contributed by atoms with Gasteiger partial charge in [0.05, 0.1) is 18.7 Å².